The van der Waals surface area contributed by atoms with Crippen LogP contribution in [0.3, 0.4) is 0 Å². The third-order valence-corrected chi connectivity index (χ3v) is 9.16. The zero-order chi connectivity index (χ0) is 27.2. The van der Waals surface area contributed by atoms with Gasteiger partial charge < -0.3 is 18.8 Å². The number of hydrogen-bond acceptors (Lipinski definition) is 8. The second-order valence-corrected chi connectivity index (χ2v) is 11.5. The molecule has 0 amide bonds. The molecule has 1 fully saturated rings. The highest BCUT2D eigenvalue weighted by Gasteiger charge is 2.31. The molecule has 2 aromatic heterocycles. The number of thiazole rings is 1. The molecule has 2 aliphatic rings. The van der Waals surface area contributed by atoms with Crippen molar-refractivity contribution in [2.75, 3.05) is 26.8 Å². The van der Waals surface area contributed by atoms with Crippen LogP contribution in [0, 0.1) is 0 Å². The molecule has 5 aromatic rings. The first-order valence-electron chi connectivity index (χ1n) is 13.6. The normalized spacial score (nSPS) is 17.9. The van der Waals surface area contributed by atoms with Crippen LogP contribution in [0.1, 0.15) is 51.6 Å². The number of carbonyl (C=O) groups excluding carboxylic acids is 1. The summed E-state index contributed by atoms with van der Waals surface area (Å²) in [7, 11) is 3.41. The summed E-state index contributed by atoms with van der Waals surface area (Å²) in [4.78, 5) is 24.1. The number of esters is 1. The number of para-hydroxylation sites is 2. The summed E-state index contributed by atoms with van der Waals surface area (Å²) in [5.74, 6) is 2.74. The topological polar surface area (TPSA) is 78.7 Å². The van der Waals surface area contributed by atoms with Crippen molar-refractivity contribution in [3.05, 3.63) is 82.6 Å². The average molecular weight is 555 g/mol. The lowest BCUT2D eigenvalue weighted by atomic mass is 9.88. The lowest BCUT2D eigenvalue weighted by molar-refractivity contribution is 0.0601. The van der Waals surface area contributed by atoms with E-state index >= 15 is 0 Å². The van der Waals surface area contributed by atoms with Gasteiger partial charge in [-0.2, -0.15) is 0 Å². The van der Waals surface area contributed by atoms with Crippen molar-refractivity contribution >= 4 is 38.6 Å². The van der Waals surface area contributed by atoms with Crippen LogP contribution in [0.5, 0.6) is 11.5 Å². The molecule has 4 heterocycles. The van der Waals surface area contributed by atoms with Crippen molar-refractivity contribution < 1.29 is 19.0 Å². The third-order valence-electron chi connectivity index (χ3n) is 8.03. The Bertz CT molecular complexity index is 1690. The van der Waals surface area contributed by atoms with E-state index in [9.17, 15) is 4.79 Å². The Labute approximate surface area is 236 Å². The van der Waals surface area contributed by atoms with Crippen LogP contribution >= 0.6 is 11.3 Å². The molecule has 0 bridgehead atoms. The Morgan fingerprint density at radius 2 is 1.90 bits per heavy atom. The largest absolute Gasteiger partial charge is 0.485 e. The molecule has 8 nitrogen and oxygen atoms in total. The highest BCUT2D eigenvalue weighted by molar-refractivity contribution is 7.18. The minimum atomic E-state index is -0.337. The van der Waals surface area contributed by atoms with Crippen LogP contribution in [-0.2, 0) is 18.3 Å². The zero-order valence-corrected chi connectivity index (χ0v) is 23.3. The van der Waals surface area contributed by atoms with Crippen molar-refractivity contribution in [1.82, 2.24) is 19.4 Å². The third kappa shape index (κ3) is 4.49. The van der Waals surface area contributed by atoms with Gasteiger partial charge in [-0.15, -0.1) is 11.3 Å². The van der Waals surface area contributed by atoms with E-state index in [2.05, 4.69) is 27.7 Å². The van der Waals surface area contributed by atoms with E-state index < -0.39 is 0 Å². The summed E-state index contributed by atoms with van der Waals surface area (Å²) >= 11 is 1.67. The van der Waals surface area contributed by atoms with E-state index in [1.807, 2.05) is 43.4 Å². The molecule has 1 atom stereocenters. The molecule has 1 saturated heterocycles. The van der Waals surface area contributed by atoms with Crippen LogP contribution in [-0.4, -0.2) is 52.2 Å². The van der Waals surface area contributed by atoms with Gasteiger partial charge in [-0.3, -0.25) is 4.90 Å². The fraction of sp³-hybridized carbons (Fsp3) is 0.323. The predicted octanol–water partition coefficient (Wildman–Crippen LogP) is 5.86. The second-order valence-electron chi connectivity index (χ2n) is 10.4. The maximum atomic E-state index is 12.0. The van der Waals surface area contributed by atoms with Crippen LogP contribution in [0.25, 0.3) is 21.3 Å². The number of ether oxygens (including phenoxy) is 3. The van der Waals surface area contributed by atoms with Crippen molar-refractivity contribution in [1.29, 1.82) is 0 Å². The van der Waals surface area contributed by atoms with Crippen molar-refractivity contribution in [3.8, 4) is 11.5 Å². The quantitative estimate of drug-likeness (QED) is 0.252. The van der Waals surface area contributed by atoms with E-state index in [4.69, 9.17) is 24.2 Å². The Hall–Kier alpha value is -3.95. The van der Waals surface area contributed by atoms with E-state index in [-0.39, 0.29) is 12.1 Å². The Balaban J connectivity index is 1.05. The van der Waals surface area contributed by atoms with Crippen LogP contribution in [0.4, 0.5) is 0 Å². The number of carbonyl (C=O) groups is 1. The molecule has 40 heavy (non-hydrogen) atoms. The van der Waals surface area contributed by atoms with Gasteiger partial charge in [0.2, 0.25) is 0 Å². The Morgan fingerprint density at radius 3 is 2.73 bits per heavy atom. The second kappa shape index (κ2) is 10.2. The van der Waals surface area contributed by atoms with E-state index in [1.54, 1.807) is 17.4 Å². The molecule has 3 aromatic carbocycles. The number of fused-ring (bicyclic) bond motifs is 3. The minimum Gasteiger partial charge on any atom is -0.485 e. The molecule has 9 heteroatoms. The predicted molar refractivity (Wildman–Crippen MR) is 154 cm³/mol. The van der Waals surface area contributed by atoms with Crippen LogP contribution < -0.4 is 9.47 Å². The number of imidazole rings is 1. The van der Waals surface area contributed by atoms with Gasteiger partial charge in [0.1, 0.15) is 17.4 Å². The number of methoxy groups -OCH3 is 1. The fourth-order valence-corrected chi connectivity index (χ4v) is 6.80. The molecule has 0 unspecified atom stereocenters. The highest BCUT2D eigenvalue weighted by atomic mass is 32.1. The highest BCUT2D eigenvalue weighted by Crippen LogP contribution is 2.45. The zero-order valence-electron chi connectivity index (χ0n) is 22.5. The SMILES string of the molecule is COC(=O)c1ccc2nc(CN3CCC(c4cccc5c4O[C@H](c4nc6ccccc6s4)CO5)CC3)n(C)c2c1. The van der Waals surface area contributed by atoms with Crippen LogP contribution in [0.15, 0.2) is 60.7 Å². The number of aryl methyl sites for hydroxylation is 1. The van der Waals surface area contributed by atoms with Gasteiger partial charge in [0, 0.05) is 12.6 Å². The summed E-state index contributed by atoms with van der Waals surface area (Å²) in [6, 6.07) is 20.0. The summed E-state index contributed by atoms with van der Waals surface area (Å²) < 4.78 is 20.9. The number of hydrogen-bond donors (Lipinski definition) is 0. The summed E-state index contributed by atoms with van der Waals surface area (Å²) in [5.41, 5.74) is 4.58. The summed E-state index contributed by atoms with van der Waals surface area (Å²) in [5, 5.41) is 0.956. The molecule has 0 radical (unpaired) electrons. The lowest BCUT2D eigenvalue weighted by Gasteiger charge is -2.34. The molecule has 0 saturated carbocycles. The molecule has 0 aliphatic carbocycles. The maximum Gasteiger partial charge on any atom is 0.337 e. The number of piperidine rings is 1. The summed E-state index contributed by atoms with van der Waals surface area (Å²) in [6.45, 7) is 3.16. The first kappa shape index (κ1) is 25.0. The van der Waals surface area contributed by atoms with Crippen molar-refractivity contribution in [2.24, 2.45) is 7.05 Å². The molecule has 0 N–H and O–H groups in total. The summed E-state index contributed by atoms with van der Waals surface area (Å²) in [6.07, 6.45) is 1.85. The smallest absolute Gasteiger partial charge is 0.337 e. The standard InChI is InChI=1S/C31H30N4O4S/c1-34-24-16-20(31(36)37-2)10-11-22(24)32-28(34)17-35-14-12-19(13-15-35)21-6-5-8-25-29(21)39-26(18-38-25)30-33-23-7-3-4-9-27(23)40-30/h3-11,16,19,26H,12-15,17-18H2,1-2H3/t26-/m0/s1. The molecular formula is C31H30N4O4S. The van der Waals surface area contributed by atoms with Crippen molar-refractivity contribution in [2.45, 2.75) is 31.4 Å². The number of likely N-dealkylation sites (tertiary alicyclic amines) is 1. The Morgan fingerprint density at radius 1 is 1.05 bits per heavy atom. The van der Waals surface area contributed by atoms with Crippen LogP contribution in [0.2, 0.25) is 0 Å². The van der Waals surface area contributed by atoms with E-state index in [1.165, 1.54) is 12.7 Å². The monoisotopic (exact) mass is 554 g/mol. The van der Waals surface area contributed by atoms with Gasteiger partial charge in [0.25, 0.3) is 0 Å². The first-order valence-corrected chi connectivity index (χ1v) is 14.4. The number of aromatic nitrogens is 3. The average Bonchev–Trinajstić information content (AvgIpc) is 3.57. The fourth-order valence-electron chi connectivity index (χ4n) is 5.81. The van der Waals surface area contributed by atoms with Gasteiger partial charge in [-0.25, -0.2) is 14.8 Å². The van der Waals surface area contributed by atoms with Crippen molar-refractivity contribution in [3.63, 3.8) is 0 Å². The van der Waals surface area contributed by atoms with Gasteiger partial charge in [0.15, 0.2) is 17.6 Å². The first-order chi connectivity index (χ1) is 19.6. The Kier molecular flexibility index (Phi) is 6.40. The van der Waals surface area contributed by atoms with Gasteiger partial charge in [-0.05, 0) is 68.2 Å². The maximum absolute atomic E-state index is 12.0. The number of rotatable bonds is 5. The molecule has 7 rings (SSSR count). The van der Waals surface area contributed by atoms with Gasteiger partial charge in [0.05, 0.1) is 40.5 Å². The van der Waals surface area contributed by atoms with E-state index in [0.29, 0.717) is 18.1 Å². The molecule has 0 spiro atoms. The lowest BCUT2D eigenvalue weighted by Crippen LogP contribution is -2.33. The minimum absolute atomic E-state index is 0.205. The molecular weight excluding hydrogens is 524 g/mol. The number of nitrogens with zero attached hydrogens (tertiary/aromatic N) is 4. The van der Waals surface area contributed by atoms with Gasteiger partial charge >= 0.3 is 5.97 Å². The number of benzene rings is 3. The molecule has 204 valence electrons. The molecule has 2 aliphatic heterocycles. The van der Waals surface area contributed by atoms with Gasteiger partial charge in [-0.1, -0.05) is 24.3 Å². The van der Waals surface area contributed by atoms with E-state index in [0.717, 1.165) is 76.1 Å².